The molecule has 0 spiro atoms. The normalized spacial score (nSPS) is 11.0. The summed E-state index contributed by atoms with van der Waals surface area (Å²) in [5.41, 5.74) is 2.66. The average Bonchev–Trinajstić information content (AvgIpc) is 2.78. The van der Waals surface area contributed by atoms with Crippen LogP contribution in [0.1, 0.15) is 5.56 Å². The lowest BCUT2D eigenvalue weighted by Gasteiger charge is -2.00. The molecule has 0 radical (unpaired) electrons. The fourth-order valence-corrected chi connectivity index (χ4v) is 3.03. The SMILES string of the molecule is Cc1ccc(-c2nc3cccc(Cl)c3s2)cc1O. The van der Waals surface area contributed by atoms with Gasteiger partial charge in [0.05, 0.1) is 15.2 Å². The number of phenols is 1. The molecule has 0 atom stereocenters. The van der Waals surface area contributed by atoms with E-state index < -0.39 is 0 Å². The third-order valence-electron chi connectivity index (χ3n) is 2.82. The van der Waals surface area contributed by atoms with Gasteiger partial charge in [0.25, 0.3) is 0 Å². The van der Waals surface area contributed by atoms with Crippen LogP contribution in [0.2, 0.25) is 5.02 Å². The Morgan fingerprint density at radius 2 is 2.06 bits per heavy atom. The minimum atomic E-state index is 0.290. The molecule has 0 aliphatic heterocycles. The Hall–Kier alpha value is -1.58. The molecule has 0 aliphatic carbocycles. The predicted molar refractivity (Wildman–Crippen MR) is 76.5 cm³/mol. The van der Waals surface area contributed by atoms with E-state index in [0.29, 0.717) is 5.02 Å². The molecule has 2 aromatic carbocycles. The van der Waals surface area contributed by atoms with E-state index >= 15 is 0 Å². The van der Waals surface area contributed by atoms with Crippen molar-refractivity contribution in [3.63, 3.8) is 0 Å². The van der Waals surface area contributed by atoms with Gasteiger partial charge in [-0.1, -0.05) is 29.8 Å². The van der Waals surface area contributed by atoms with Crippen molar-refractivity contribution in [2.75, 3.05) is 0 Å². The second kappa shape index (κ2) is 4.26. The van der Waals surface area contributed by atoms with Gasteiger partial charge in [-0.15, -0.1) is 11.3 Å². The van der Waals surface area contributed by atoms with Crippen LogP contribution in [0.3, 0.4) is 0 Å². The number of aromatic hydroxyl groups is 1. The maximum Gasteiger partial charge on any atom is 0.124 e. The highest BCUT2D eigenvalue weighted by Crippen LogP contribution is 2.35. The number of aryl methyl sites for hydroxylation is 1. The van der Waals surface area contributed by atoms with Crippen molar-refractivity contribution in [3.8, 4) is 16.3 Å². The van der Waals surface area contributed by atoms with Crippen LogP contribution < -0.4 is 0 Å². The maximum absolute atomic E-state index is 9.74. The first-order valence-electron chi connectivity index (χ1n) is 5.50. The largest absolute Gasteiger partial charge is 0.508 e. The molecule has 0 bridgehead atoms. The van der Waals surface area contributed by atoms with Crippen LogP contribution >= 0.6 is 22.9 Å². The van der Waals surface area contributed by atoms with E-state index in [1.54, 1.807) is 6.07 Å². The summed E-state index contributed by atoms with van der Waals surface area (Å²) in [5, 5.41) is 11.3. The summed E-state index contributed by atoms with van der Waals surface area (Å²) >= 11 is 7.67. The zero-order valence-corrected chi connectivity index (χ0v) is 11.2. The van der Waals surface area contributed by atoms with Gasteiger partial charge in [0.2, 0.25) is 0 Å². The molecule has 0 aliphatic rings. The van der Waals surface area contributed by atoms with Gasteiger partial charge >= 0.3 is 0 Å². The molecule has 4 heteroatoms. The van der Waals surface area contributed by atoms with Gasteiger partial charge in [-0.3, -0.25) is 0 Å². The summed E-state index contributed by atoms with van der Waals surface area (Å²) in [6.45, 7) is 1.87. The van der Waals surface area contributed by atoms with E-state index in [0.717, 1.165) is 26.4 Å². The van der Waals surface area contributed by atoms with Crippen LogP contribution in [0.25, 0.3) is 20.8 Å². The molecule has 1 N–H and O–H groups in total. The number of phenolic OH excluding ortho intramolecular Hbond substituents is 1. The van der Waals surface area contributed by atoms with Gasteiger partial charge in [-0.05, 0) is 30.7 Å². The number of nitrogens with zero attached hydrogens (tertiary/aromatic N) is 1. The lowest BCUT2D eigenvalue weighted by Crippen LogP contribution is -1.78. The Morgan fingerprint density at radius 1 is 1.22 bits per heavy atom. The fourth-order valence-electron chi connectivity index (χ4n) is 1.78. The van der Waals surface area contributed by atoms with Crippen molar-refractivity contribution in [1.29, 1.82) is 0 Å². The molecule has 1 aromatic heterocycles. The second-order valence-corrected chi connectivity index (χ2v) is 5.51. The van der Waals surface area contributed by atoms with E-state index in [9.17, 15) is 5.11 Å². The highest BCUT2D eigenvalue weighted by Gasteiger charge is 2.09. The summed E-state index contributed by atoms with van der Waals surface area (Å²) in [5.74, 6) is 0.290. The van der Waals surface area contributed by atoms with E-state index in [2.05, 4.69) is 4.98 Å². The lowest BCUT2D eigenvalue weighted by molar-refractivity contribution is 0.471. The molecule has 0 fully saturated rings. The van der Waals surface area contributed by atoms with E-state index in [1.807, 2.05) is 37.3 Å². The van der Waals surface area contributed by atoms with Crippen LogP contribution in [-0.4, -0.2) is 10.1 Å². The van der Waals surface area contributed by atoms with Gasteiger partial charge in [0, 0.05) is 5.56 Å². The number of aromatic nitrogens is 1. The molecule has 3 aromatic rings. The predicted octanol–water partition coefficient (Wildman–Crippen LogP) is 4.63. The van der Waals surface area contributed by atoms with Crippen molar-refractivity contribution in [1.82, 2.24) is 4.98 Å². The standard InChI is InChI=1S/C14H10ClNOS/c1-8-5-6-9(7-12(8)17)14-16-11-4-2-3-10(15)13(11)18-14/h2-7,17H,1H3. The highest BCUT2D eigenvalue weighted by atomic mass is 35.5. The van der Waals surface area contributed by atoms with E-state index in [-0.39, 0.29) is 5.75 Å². The summed E-state index contributed by atoms with van der Waals surface area (Å²) < 4.78 is 0.981. The molecule has 2 nitrogen and oxygen atoms in total. The maximum atomic E-state index is 9.74. The number of rotatable bonds is 1. The first-order valence-corrected chi connectivity index (χ1v) is 6.69. The summed E-state index contributed by atoms with van der Waals surface area (Å²) in [6.07, 6.45) is 0. The van der Waals surface area contributed by atoms with Crippen molar-refractivity contribution in [2.45, 2.75) is 6.92 Å². The monoisotopic (exact) mass is 275 g/mol. The molecule has 0 saturated carbocycles. The van der Waals surface area contributed by atoms with E-state index in [4.69, 9.17) is 11.6 Å². The van der Waals surface area contributed by atoms with E-state index in [1.165, 1.54) is 11.3 Å². The highest BCUT2D eigenvalue weighted by molar-refractivity contribution is 7.22. The summed E-state index contributed by atoms with van der Waals surface area (Å²) in [6, 6.07) is 11.3. The second-order valence-electron chi connectivity index (χ2n) is 4.11. The molecule has 0 amide bonds. The topological polar surface area (TPSA) is 33.1 Å². The van der Waals surface area contributed by atoms with Gasteiger partial charge in [0.1, 0.15) is 10.8 Å². The van der Waals surface area contributed by atoms with Gasteiger partial charge in [0.15, 0.2) is 0 Å². The summed E-state index contributed by atoms with van der Waals surface area (Å²) in [7, 11) is 0. The van der Waals surface area contributed by atoms with Crippen molar-refractivity contribution >= 4 is 33.2 Å². The average molecular weight is 276 g/mol. The van der Waals surface area contributed by atoms with Crippen molar-refractivity contribution in [2.24, 2.45) is 0 Å². The van der Waals surface area contributed by atoms with Crippen molar-refractivity contribution in [3.05, 3.63) is 47.0 Å². The van der Waals surface area contributed by atoms with Crippen LogP contribution in [0.5, 0.6) is 5.75 Å². The molecular weight excluding hydrogens is 266 g/mol. The minimum absolute atomic E-state index is 0.290. The number of thiazole rings is 1. The molecule has 3 rings (SSSR count). The van der Waals surface area contributed by atoms with Gasteiger partial charge < -0.3 is 5.11 Å². The number of benzene rings is 2. The van der Waals surface area contributed by atoms with Crippen LogP contribution in [0, 0.1) is 6.92 Å². The number of hydrogen-bond donors (Lipinski definition) is 1. The molecule has 0 unspecified atom stereocenters. The Balaban J connectivity index is 2.19. The Labute approximate surface area is 113 Å². The first-order chi connectivity index (χ1) is 8.65. The Bertz CT molecular complexity index is 736. The van der Waals surface area contributed by atoms with Crippen molar-refractivity contribution < 1.29 is 5.11 Å². The fraction of sp³-hybridized carbons (Fsp3) is 0.0714. The minimum Gasteiger partial charge on any atom is -0.508 e. The molecular formula is C14H10ClNOS. The van der Waals surface area contributed by atoms with Crippen LogP contribution in [-0.2, 0) is 0 Å². The third kappa shape index (κ3) is 1.85. The first kappa shape index (κ1) is 11.5. The molecule has 90 valence electrons. The van der Waals surface area contributed by atoms with Gasteiger partial charge in [-0.25, -0.2) is 4.98 Å². The summed E-state index contributed by atoms with van der Waals surface area (Å²) in [4.78, 5) is 4.54. The Kier molecular flexibility index (Phi) is 2.73. The quantitative estimate of drug-likeness (QED) is 0.702. The molecule has 1 heterocycles. The van der Waals surface area contributed by atoms with Crippen LogP contribution in [0.15, 0.2) is 36.4 Å². The number of halogens is 1. The molecule has 0 saturated heterocycles. The smallest absolute Gasteiger partial charge is 0.124 e. The zero-order chi connectivity index (χ0) is 12.7. The van der Waals surface area contributed by atoms with Crippen LogP contribution in [0.4, 0.5) is 0 Å². The third-order valence-corrected chi connectivity index (χ3v) is 4.40. The lowest BCUT2D eigenvalue weighted by atomic mass is 10.1. The van der Waals surface area contributed by atoms with Gasteiger partial charge in [-0.2, -0.15) is 0 Å². The number of hydrogen-bond acceptors (Lipinski definition) is 3. The Morgan fingerprint density at radius 3 is 2.78 bits per heavy atom. The number of fused-ring (bicyclic) bond motifs is 1. The molecule has 18 heavy (non-hydrogen) atoms. The zero-order valence-electron chi connectivity index (χ0n) is 9.64.